The summed E-state index contributed by atoms with van der Waals surface area (Å²) < 4.78 is 0. The molecule has 1 nitrogen and oxygen atoms in total. The Balaban J connectivity index is 3.05. The van der Waals surface area contributed by atoms with E-state index in [-0.39, 0.29) is 0 Å². The predicted octanol–water partition coefficient (Wildman–Crippen LogP) is 4.03. The Kier molecular flexibility index (Phi) is 3.99. The van der Waals surface area contributed by atoms with Gasteiger partial charge < -0.3 is 0 Å². The van der Waals surface area contributed by atoms with E-state index in [1.54, 1.807) is 0 Å². The second kappa shape index (κ2) is 4.83. The van der Waals surface area contributed by atoms with Crippen LogP contribution in [0.3, 0.4) is 0 Å². The lowest BCUT2D eigenvalue weighted by atomic mass is 10.0. The lowest BCUT2D eigenvalue weighted by Gasteiger charge is -2.04. The van der Waals surface area contributed by atoms with Crippen LogP contribution in [-0.2, 0) is 0 Å². The van der Waals surface area contributed by atoms with Crippen molar-refractivity contribution < 1.29 is 0 Å². The number of hydrogen-bond donors (Lipinski definition) is 0. The third-order valence-electron chi connectivity index (χ3n) is 2.33. The van der Waals surface area contributed by atoms with Crippen LogP contribution in [0.2, 0.25) is 0 Å². The summed E-state index contributed by atoms with van der Waals surface area (Å²) in [5.41, 5.74) is 2.75. The van der Waals surface area contributed by atoms with Gasteiger partial charge in [-0.25, -0.2) is 0 Å². The molecule has 1 aliphatic rings. The molecule has 0 radical (unpaired) electrons. The van der Waals surface area contributed by atoms with Gasteiger partial charge in [0.2, 0.25) is 0 Å². The van der Waals surface area contributed by atoms with Crippen molar-refractivity contribution in [2.75, 3.05) is 6.54 Å². The minimum absolute atomic E-state index is 0.611. The van der Waals surface area contributed by atoms with Gasteiger partial charge >= 0.3 is 0 Å². The van der Waals surface area contributed by atoms with Crippen molar-refractivity contribution in [1.82, 2.24) is 0 Å². The number of rotatable bonds is 2. The maximum atomic E-state index is 4.53. The first-order valence-electron chi connectivity index (χ1n) is 5.21. The fourth-order valence-electron chi connectivity index (χ4n) is 1.68. The lowest BCUT2D eigenvalue weighted by molar-refractivity contribution is 0.811. The van der Waals surface area contributed by atoms with Crippen LogP contribution in [0.25, 0.3) is 0 Å². The average Bonchev–Trinajstić information content (AvgIpc) is 2.43. The minimum atomic E-state index is 0.611. The highest BCUT2D eigenvalue weighted by Gasteiger charge is 2.24. The monoisotopic (exact) mass is 209 g/mol. The van der Waals surface area contributed by atoms with Gasteiger partial charge in [0, 0.05) is 12.1 Å². The second-order valence-corrected chi connectivity index (χ2v) is 4.76. The molecule has 0 atom stereocenters. The Labute approximate surface area is 91.4 Å². The van der Waals surface area contributed by atoms with E-state index >= 15 is 0 Å². The average molecular weight is 209 g/mol. The standard InChI is InChI=1S/C12H19NS/c1-6-10-9(5)11(8(3)4)14-12(10)13-7-2/h6,8H,7H2,1-5H3/b10-6-,13-12?. The van der Waals surface area contributed by atoms with Gasteiger partial charge in [0.25, 0.3) is 0 Å². The van der Waals surface area contributed by atoms with Crippen molar-refractivity contribution in [2.24, 2.45) is 10.9 Å². The zero-order chi connectivity index (χ0) is 10.7. The highest BCUT2D eigenvalue weighted by Crippen LogP contribution is 2.41. The maximum Gasteiger partial charge on any atom is 0.102 e. The van der Waals surface area contributed by atoms with E-state index in [9.17, 15) is 0 Å². The topological polar surface area (TPSA) is 12.4 Å². The van der Waals surface area contributed by atoms with Crippen LogP contribution in [0, 0.1) is 5.92 Å². The number of nitrogens with zero attached hydrogens (tertiary/aromatic N) is 1. The molecule has 0 aliphatic carbocycles. The van der Waals surface area contributed by atoms with E-state index in [2.05, 4.69) is 45.7 Å². The Morgan fingerprint density at radius 3 is 2.50 bits per heavy atom. The molecule has 0 spiro atoms. The molecule has 2 heteroatoms. The summed E-state index contributed by atoms with van der Waals surface area (Å²) in [6, 6.07) is 0. The molecule has 0 aromatic heterocycles. The number of thioether (sulfide) groups is 1. The van der Waals surface area contributed by atoms with Gasteiger partial charge in [0.15, 0.2) is 0 Å². The number of hydrogen-bond acceptors (Lipinski definition) is 2. The molecule has 14 heavy (non-hydrogen) atoms. The summed E-state index contributed by atoms with van der Waals surface area (Å²) in [5, 5.41) is 1.20. The number of aliphatic imine (C=N–C) groups is 1. The van der Waals surface area contributed by atoms with Crippen molar-refractivity contribution in [3.05, 3.63) is 22.1 Å². The van der Waals surface area contributed by atoms with Gasteiger partial charge in [-0.2, -0.15) is 0 Å². The van der Waals surface area contributed by atoms with Gasteiger partial charge in [-0.1, -0.05) is 31.7 Å². The summed E-state index contributed by atoms with van der Waals surface area (Å²) >= 11 is 1.85. The Morgan fingerprint density at radius 1 is 1.43 bits per heavy atom. The molecule has 0 bridgehead atoms. The molecule has 0 aromatic carbocycles. The fraction of sp³-hybridized carbons (Fsp3) is 0.583. The molecule has 78 valence electrons. The predicted molar refractivity (Wildman–Crippen MR) is 66.9 cm³/mol. The SMILES string of the molecule is C/C=C1\C(=NCC)SC(C(C)C)=C1C. The van der Waals surface area contributed by atoms with Crippen LogP contribution < -0.4 is 0 Å². The minimum Gasteiger partial charge on any atom is -0.278 e. The first-order chi connectivity index (χ1) is 6.61. The second-order valence-electron chi connectivity index (χ2n) is 3.73. The van der Waals surface area contributed by atoms with E-state index in [0.29, 0.717) is 5.92 Å². The summed E-state index contributed by atoms with van der Waals surface area (Å²) in [5.74, 6) is 0.611. The quantitative estimate of drug-likeness (QED) is 0.669. The zero-order valence-corrected chi connectivity index (χ0v) is 10.5. The molecule has 0 saturated carbocycles. The molecule has 0 fully saturated rings. The lowest BCUT2D eigenvalue weighted by Crippen LogP contribution is -1.92. The molecule has 1 heterocycles. The first kappa shape index (κ1) is 11.6. The first-order valence-corrected chi connectivity index (χ1v) is 6.03. The van der Waals surface area contributed by atoms with Gasteiger partial charge in [-0.05, 0) is 37.2 Å². The largest absolute Gasteiger partial charge is 0.278 e. The fourth-order valence-corrected chi connectivity index (χ4v) is 2.96. The Hall–Kier alpha value is -0.500. The summed E-state index contributed by atoms with van der Waals surface area (Å²) in [7, 11) is 0. The van der Waals surface area contributed by atoms with E-state index in [1.807, 2.05) is 11.8 Å². The molecule has 0 unspecified atom stereocenters. The van der Waals surface area contributed by atoms with Gasteiger partial charge in [-0.3, -0.25) is 4.99 Å². The van der Waals surface area contributed by atoms with E-state index in [0.717, 1.165) is 6.54 Å². The molecule has 0 N–H and O–H groups in total. The number of allylic oxidation sites excluding steroid dienone is 3. The van der Waals surface area contributed by atoms with E-state index in [4.69, 9.17) is 0 Å². The molecule has 0 saturated heterocycles. The molecule has 1 rings (SSSR count). The van der Waals surface area contributed by atoms with Gasteiger partial charge in [0.05, 0.1) is 0 Å². The normalized spacial score (nSPS) is 23.3. The van der Waals surface area contributed by atoms with Crippen molar-refractivity contribution in [3.8, 4) is 0 Å². The van der Waals surface area contributed by atoms with Gasteiger partial charge in [0.1, 0.15) is 5.04 Å². The molecular weight excluding hydrogens is 190 g/mol. The molecule has 1 aliphatic heterocycles. The smallest absolute Gasteiger partial charge is 0.102 e. The molecule has 0 amide bonds. The zero-order valence-electron chi connectivity index (χ0n) is 9.72. The van der Waals surface area contributed by atoms with Crippen LogP contribution in [0.5, 0.6) is 0 Å². The highest BCUT2D eigenvalue weighted by molar-refractivity contribution is 8.18. The third-order valence-corrected chi connectivity index (χ3v) is 3.87. The van der Waals surface area contributed by atoms with Crippen molar-refractivity contribution >= 4 is 16.8 Å². The summed E-state index contributed by atoms with van der Waals surface area (Å²) in [6.07, 6.45) is 2.17. The molecular formula is C12H19NS. The summed E-state index contributed by atoms with van der Waals surface area (Å²) in [6.45, 7) is 11.7. The third kappa shape index (κ3) is 2.11. The van der Waals surface area contributed by atoms with Crippen molar-refractivity contribution in [2.45, 2.75) is 34.6 Å². The maximum absolute atomic E-state index is 4.53. The van der Waals surface area contributed by atoms with Crippen LogP contribution in [0.15, 0.2) is 27.1 Å². The Morgan fingerprint density at radius 2 is 2.07 bits per heavy atom. The van der Waals surface area contributed by atoms with Crippen LogP contribution in [0.4, 0.5) is 0 Å². The summed E-state index contributed by atoms with van der Waals surface area (Å²) in [4.78, 5) is 6.01. The van der Waals surface area contributed by atoms with E-state index < -0.39 is 0 Å². The van der Waals surface area contributed by atoms with Crippen LogP contribution >= 0.6 is 11.8 Å². The van der Waals surface area contributed by atoms with E-state index in [1.165, 1.54) is 21.1 Å². The van der Waals surface area contributed by atoms with Crippen molar-refractivity contribution in [3.63, 3.8) is 0 Å². The Bertz CT molecular complexity index is 308. The van der Waals surface area contributed by atoms with Crippen LogP contribution in [0.1, 0.15) is 34.6 Å². The van der Waals surface area contributed by atoms with Gasteiger partial charge in [-0.15, -0.1) is 0 Å². The van der Waals surface area contributed by atoms with Crippen LogP contribution in [-0.4, -0.2) is 11.6 Å². The molecule has 0 aromatic rings. The highest BCUT2D eigenvalue weighted by atomic mass is 32.2. The van der Waals surface area contributed by atoms with Crippen molar-refractivity contribution in [1.29, 1.82) is 0 Å².